The second kappa shape index (κ2) is 9.12. The van der Waals surface area contributed by atoms with Gasteiger partial charge in [-0.2, -0.15) is 0 Å². The van der Waals surface area contributed by atoms with Gasteiger partial charge in [0.1, 0.15) is 0 Å². The van der Waals surface area contributed by atoms with Crippen molar-refractivity contribution in [2.75, 3.05) is 0 Å². The van der Waals surface area contributed by atoms with Crippen LogP contribution in [0, 0.1) is 41.5 Å². The Morgan fingerprint density at radius 3 is 1.35 bits per heavy atom. The summed E-state index contributed by atoms with van der Waals surface area (Å²) in [6, 6.07) is 17.6. The molecule has 158 valence electrons. The van der Waals surface area contributed by atoms with Crippen molar-refractivity contribution in [2.45, 2.75) is 41.5 Å². The maximum atomic E-state index is 14.0. The predicted octanol–water partition coefficient (Wildman–Crippen LogP) is 7.67. The zero-order valence-corrected chi connectivity index (χ0v) is 20.1. The van der Waals surface area contributed by atoms with E-state index in [1.54, 1.807) is 0 Å². The quantitative estimate of drug-likeness (QED) is 0.378. The third-order valence-electron chi connectivity index (χ3n) is 5.56. The summed E-state index contributed by atoms with van der Waals surface area (Å²) in [7, 11) is -1.83. The number of hydrogen-bond acceptors (Lipinski definition) is 2. The van der Waals surface area contributed by atoms with Crippen LogP contribution < -0.4 is 0 Å². The lowest BCUT2D eigenvalue weighted by Gasteiger charge is -2.22. The smallest absolute Gasteiger partial charge is 0.197 e. The molecule has 3 heteroatoms. The van der Waals surface area contributed by atoms with Crippen molar-refractivity contribution >= 4 is 24.3 Å². The summed E-state index contributed by atoms with van der Waals surface area (Å²) >= 11 is 0. The van der Waals surface area contributed by atoms with Gasteiger partial charge >= 0.3 is 0 Å². The van der Waals surface area contributed by atoms with E-state index >= 15 is 0 Å². The van der Waals surface area contributed by atoms with Crippen LogP contribution in [0.25, 0.3) is 5.31 Å². The van der Waals surface area contributed by atoms with Crippen LogP contribution in [0.1, 0.15) is 59.7 Å². The lowest BCUT2D eigenvalue weighted by Crippen LogP contribution is -2.13. The molecule has 0 spiro atoms. The molecule has 0 aromatic heterocycles. The van der Waals surface area contributed by atoms with Crippen LogP contribution in [0.5, 0.6) is 0 Å². The fraction of sp³-hybridized carbons (Fsp3) is 0.214. The molecule has 0 radical (unpaired) electrons. The molecule has 3 rings (SSSR count). The number of aryl methyl sites for hydroxylation is 6. The Bertz CT molecular complexity index is 1070. The van der Waals surface area contributed by atoms with Crippen LogP contribution in [-0.4, -0.2) is 11.0 Å². The van der Waals surface area contributed by atoms with Crippen molar-refractivity contribution in [2.24, 2.45) is 0 Å². The Hall–Kier alpha value is -2.83. The maximum absolute atomic E-state index is 14.0. The van der Waals surface area contributed by atoms with E-state index in [9.17, 15) is 9.59 Å². The minimum Gasteiger partial charge on any atom is -0.288 e. The van der Waals surface area contributed by atoms with E-state index in [0.717, 1.165) is 38.9 Å². The van der Waals surface area contributed by atoms with Crippen LogP contribution in [-0.2, 0) is 0 Å². The number of rotatable bonds is 6. The highest BCUT2D eigenvalue weighted by Crippen LogP contribution is 2.55. The molecule has 0 bridgehead atoms. The van der Waals surface area contributed by atoms with Gasteiger partial charge in [0.2, 0.25) is 0 Å². The van der Waals surface area contributed by atoms with Gasteiger partial charge in [0.05, 0.1) is 7.92 Å². The van der Waals surface area contributed by atoms with Gasteiger partial charge in [0, 0.05) is 11.1 Å². The van der Waals surface area contributed by atoms with Crippen molar-refractivity contribution in [3.63, 3.8) is 0 Å². The Morgan fingerprint density at radius 1 is 0.645 bits per heavy atom. The number of carbonyl (C=O) groups excluding carboxylic acids is 2. The lowest BCUT2D eigenvalue weighted by atomic mass is 10.0. The molecule has 0 aliphatic carbocycles. The highest BCUT2D eigenvalue weighted by Gasteiger charge is 2.34. The van der Waals surface area contributed by atoms with Gasteiger partial charge in [0.25, 0.3) is 0 Å². The molecule has 0 heterocycles. The van der Waals surface area contributed by atoms with E-state index < -0.39 is 7.92 Å². The molecule has 0 N–H and O–H groups in total. The van der Waals surface area contributed by atoms with Crippen LogP contribution >= 0.6 is 7.92 Å². The largest absolute Gasteiger partial charge is 0.288 e. The monoisotopic (exact) mass is 428 g/mol. The topological polar surface area (TPSA) is 34.1 Å². The Balaban J connectivity index is 2.20. The highest BCUT2D eigenvalue weighted by atomic mass is 31.1. The van der Waals surface area contributed by atoms with Crippen molar-refractivity contribution in [1.29, 1.82) is 0 Å². The summed E-state index contributed by atoms with van der Waals surface area (Å²) in [6.07, 6.45) is 0. The van der Waals surface area contributed by atoms with Crippen LogP contribution in [0.3, 0.4) is 0 Å². The number of hydrogen-bond donors (Lipinski definition) is 0. The van der Waals surface area contributed by atoms with Crippen molar-refractivity contribution in [1.82, 2.24) is 0 Å². The summed E-state index contributed by atoms with van der Waals surface area (Å²) in [5, 5.41) is 0.601. The van der Waals surface area contributed by atoms with E-state index in [-0.39, 0.29) is 11.0 Å². The van der Waals surface area contributed by atoms with Gasteiger partial charge in [0.15, 0.2) is 11.0 Å². The Kier molecular flexibility index (Phi) is 6.72. The van der Waals surface area contributed by atoms with Crippen LogP contribution in [0.15, 0.2) is 61.2 Å². The molecule has 0 fully saturated rings. The number of benzene rings is 3. The van der Waals surface area contributed by atoms with E-state index in [1.807, 2.05) is 96.1 Å². The number of carbonyl (C=O) groups is 2. The van der Waals surface area contributed by atoms with Crippen LogP contribution in [0.4, 0.5) is 0 Å². The average molecular weight is 429 g/mol. The molecule has 0 atom stereocenters. The summed E-state index contributed by atoms with van der Waals surface area (Å²) < 4.78 is 0. The third-order valence-corrected chi connectivity index (χ3v) is 7.62. The van der Waals surface area contributed by atoms with Gasteiger partial charge < -0.3 is 0 Å². The SMILES string of the molecule is C=C(c1ccccc1)P(C(=O)c1c(C)cc(C)cc1C)C(=O)c1c(C)cc(C)cc1C. The fourth-order valence-corrected chi connectivity index (χ4v) is 6.59. The first-order valence-corrected chi connectivity index (χ1v) is 11.7. The van der Waals surface area contributed by atoms with E-state index in [1.165, 1.54) is 0 Å². The van der Waals surface area contributed by atoms with Crippen molar-refractivity contribution < 1.29 is 9.59 Å². The third kappa shape index (κ3) is 4.60. The van der Waals surface area contributed by atoms with Crippen molar-refractivity contribution in [3.8, 4) is 0 Å². The maximum Gasteiger partial charge on any atom is 0.197 e. The van der Waals surface area contributed by atoms with Crippen molar-refractivity contribution in [3.05, 3.63) is 111 Å². The molecule has 3 aromatic rings. The summed E-state index contributed by atoms with van der Waals surface area (Å²) in [6.45, 7) is 16.1. The van der Waals surface area contributed by atoms with E-state index in [4.69, 9.17) is 0 Å². The van der Waals surface area contributed by atoms with Gasteiger partial charge in [-0.05, 0) is 74.7 Å². The molecule has 0 aliphatic heterocycles. The minimum absolute atomic E-state index is 0.122. The average Bonchev–Trinajstić information content (AvgIpc) is 2.67. The Morgan fingerprint density at radius 2 is 1.00 bits per heavy atom. The first-order valence-electron chi connectivity index (χ1n) is 10.4. The van der Waals surface area contributed by atoms with E-state index in [0.29, 0.717) is 16.4 Å². The fourth-order valence-electron chi connectivity index (χ4n) is 4.36. The summed E-state index contributed by atoms with van der Waals surface area (Å²) in [5.74, 6) is 0. The second-order valence-corrected chi connectivity index (χ2v) is 10.3. The van der Waals surface area contributed by atoms with Gasteiger partial charge in [-0.25, -0.2) is 0 Å². The lowest BCUT2D eigenvalue weighted by molar-refractivity contribution is 0.105. The second-order valence-electron chi connectivity index (χ2n) is 8.31. The molecular formula is C28H29O2P. The highest BCUT2D eigenvalue weighted by molar-refractivity contribution is 7.98. The summed E-state index contributed by atoms with van der Waals surface area (Å²) in [4.78, 5) is 27.9. The van der Waals surface area contributed by atoms with Crippen LogP contribution in [0.2, 0.25) is 0 Å². The molecule has 31 heavy (non-hydrogen) atoms. The normalized spacial score (nSPS) is 10.9. The Labute approximate surface area is 186 Å². The molecule has 2 nitrogen and oxygen atoms in total. The molecule has 0 amide bonds. The predicted molar refractivity (Wildman–Crippen MR) is 132 cm³/mol. The van der Waals surface area contributed by atoms with E-state index in [2.05, 4.69) is 6.58 Å². The van der Waals surface area contributed by atoms with Gasteiger partial charge in [-0.15, -0.1) is 0 Å². The zero-order chi connectivity index (χ0) is 22.9. The first-order chi connectivity index (χ1) is 14.6. The zero-order valence-electron chi connectivity index (χ0n) is 19.2. The van der Waals surface area contributed by atoms with Gasteiger partial charge in [-0.3, -0.25) is 9.59 Å². The molecule has 0 aliphatic rings. The molecule has 0 saturated heterocycles. The first kappa shape index (κ1) is 22.8. The summed E-state index contributed by atoms with van der Waals surface area (Å²) in [5.41, 5.74) is 7.70. The van der Waals surface area contributed by atoms with Gasteiger partial charge in [-0.1, -0.05) is 72.3 Å². The molecule has 3 aromatic carbocycles. The molecular weight excluding hydrogens is 399 g/mol. The minimum atomic E-state index is -1.83. The molecule has 0 saturated carbocycles. The standard InChI is InChI=1S/C28H29O2P/c1-17-13-19(3)25(20(4)14-17)27(29)31(23(7)24-11-9-8-10-12-24)28(30)26-21(5)15-18(2)16-22(26)6/h8-16H,7H2,1-6H3. The molecule has 0 unspecified atom stereocenters.